The van der Waals surface area contributed by atoms with Gasteiger partial charge in [0.05, 0.1) is 18.7 Å². The third kappa shape index (κ3) is 4.67. The second kappa shape index (κ2) is 8.34. The number of esters is 1. The van der Waals surface area contributed by atoms with E-state index < -0.39 is 0 Å². The van der Waals surface area contributed by atoms with Crippen molar-refractivity contribution < 1.29 is 9.53 Å². The van der Waals surface area contributed by atoms with E-state index in [9.17, 15) is 4.79 Å². The molecule has 1 N–H and O–H groups in total. The smallest absolute Gasteiger partial charge is 0.322 e. The monoisotopic (exact) mass is 274 g/mol. The standard InChI is InChI=1S/C16H22N2O2/c1-4-5-6-15(16(19)20-3)18-12(2)14-9-7-13(11-17)8-10-14/h7-10,12,15,18H,4-6H2,1-3H3. The van der Waals surface area contributed by atoms with Crippen LogP contribution in [0.3, 0.4) is 0 Å². The Morgan fingerprint density at radius 1 is 1.40 bits per heavy atom. The van der Waals surface area contributed by atoms with Crippen molar-refractivity contribution in [3.05, 3.63) is 35.4 Å². The topological polar surface area (TPSA) is 62.1 Å². The quantitative estimate of drug-likeness (QED) is 0.776. The summed E-state index contributed by atoms with van der Waals surface area (Å²) < 4.78 is 4.84. The van der Waals surface area contributed by atoms with E-state index in [-0.39, 0.29) is 18.1 Å². The summed E-state index contributed by atoms with van der Waals surface area (Å²) in [5.41, 5.74) is 1.69. The summed E-state index contributed by atoms with van der Waals surface area (Å²) in [7, 11) is 1.41. The molecule has 1 aromatic carbocycles. The van der Waals surface area contributed by atoms with Crippen molar-refractivity contribution in [3.63, 3.8) is 0 Å². The Morgan fingerprint density at radius 3 is 2.55 bits per heavy atom. The first-order valence-corrected chi connectivity index (χ1v) is 6.96. The third-order valence-corrected chi connectivity index (χ3v) is 3.32. The van der Waals surface area contributed by atoms with E-state index in [1.54, 1.807) is 12.1 Å². The van der Waals surface area contributed by atoms with Crippen LogP contribution < -0.4 is 5.32 Å². The van der Waals surface area contributed by atoms with Gasteiger partial charge < -0.3 is 4.74 Å². The van der Waals surface area contributed by atoms with Gasteiger partial charge in [-0.1, -0.05) is 31.9 Å². The van der Waals surface area contributed by atoms with Crippen LogP contribution in [0.2, 0.25) is 0 Å². The summed E-state index contributed by atoms with van der Waals surface area (Å²) in [6.07, 6.45) is 2.79. The summed E-state index contributed by atoms with van der Waals surface area (Å²) in [6, 6.07) is 9.22. The van der Waals surface area contributed by atoms with Crippen LogP contribution in [0.15, 0.2) is 24.3 Å². The predicted octanol–water partition coefficient (Wildman–Crippen LogP) is 2.94. The Kier molecular flexibility index (Phi) is 6.75. The molecule has 4 nitrogen and oxygen atoms in total. The number of nitriles is 1. The summed E-state index contributed by atoms with van der Waals surface area (Å²) in [5, 5.41) is 12.1. The van der Waals surface area contributed by atoms with E-state index in [1.165, 1.54) is 7.11 Å². The molecule has 2 atom stereocenters. The van der Waals surface area contributed by atoms with E-state index in [2.05, 4.69) is 18.3 Å². The first-order chi connectivity index (χ1) is 9.62. The van der Waals surface area contributed by atoms with Gasteiger partial charge in [0.2, 0.25) is 0 Å². The second-order valence-electron chi connectivity index (χ2n) is 4.84. The van der Waals surface area contributed by atoms with Gasteiger partial charge in [0.1, 0.15) is 6.04 Å². The van der Waals surface area contributed by atoms with Gasteiger partial charge in [0, 0.05) is 6.04 Å². The van der Waals surface area contributed by atoms with Gasteiger partial charge in [-0.3, -0.25) is 10.1 Å². The molecule has 1 rings (SSSR count). The van der Waals surface area contributed by atoms with Crippen molar-refractivity contribution in [2.75, 3.05) is 7.11 Å². The van der Waals surface area contributed by atoms with E-state index in [0.717, 1.165) is 24.8 Å². The number of rotatable bonds is 7. The molecule has 2 unspecified atom stereocenters. The van der Waals surface area contributed by atoms with Crippen LogP contribution in [0.1, 0.15) is 50.3 Å². The highest BCUT2D eigenvalue weighted by Crippen LogP contribution is 2.15. The summed E-state index contributed by atoms with van der Waals surface area (Å²) in [4.78, 5) is 11.8. The molecule has 0 aliphatic rings. The van der Waals surface area contributed by atoms with Crippen molar-refractivity contribution in [3.8, 4) is 6.07 Å². The Labute approximate surface area is 120 Å². The molecule has 1 aromatic rings. The van der Waals surface area contributed by atoms with E-state index in [4.69, 9.17) is 10.00 Å². The lowest BCUT2D eigenvalue weighted by atomic mass is 10.0. The number of methoxy groups -OCH3 is 1. The first-order valence-electron chi connectivity index (χ1n) is 6.96. The Morgan fingerprint density at radius 2 is 2.05 bits per heavy atom. The van der Waals surface area contributed by atoms with Gasteiger partial charge in [0.25, 0.3) is 0 Å². The van der Waals surface area contributed by atoms with E-state index in [0.29, 0.717) is 5.56 Å². The minimum atomic E-state index is -0.286. The number of nitrogens with zero attached hydrogens (tertiary/aromatic N) is 1. The Bertz CT molecular complexity index is 462. The number of carbonyl (C=O) groups is 1. The van der Waals surface area contributed by atoms with Gasteiger partial charge in [-0.2, -0.15) is 5.26 Å². The first kappa shape index (κ1) is 16.2. The summed E-state index contributed by atoms with van der Waals surface area (Å²) >= 11 is 0. The van der Waals surface area contributed by atoms with Crippen LogP contribution >= 0.6 is 0 Å². The molecule has 4 heteroatoms. The van der Waals surface area contributed by atoms with Gasteiger partial charge in [-0.15, -0.1) is 0 Å². The normalized spacial score (nSPS) is 13.3. The number of benzene rings is 1. The highest BCUT2D eigenvalue weighted by molar-refractivity contribution is 5.75. The molecular weight excluding hydrogens is 252 g/mol. The summed E-state index contributed by atoms with van der Waals surface area (Å²) in [6.45, 7) is 4.10. The number of unbranched alkanes of at least 4 members (excludes halogenated alkanes) is 1. The maximum atomic E-state index is 11.8. The van der Waals surface area contributed by atoms with Gasteiger partial charge in [-0.25, -0.2) is 0 Å². The zero-order chi connectivity index (χ0) is 15.0. The number of hydrogen-bond acceptors (Lipinski definition) is 4. The molecule has 0 aliphatic carbocycles. The molecule has 108 valence electrons. The molecule has 20 heavy (non-hydrogen) atoms. The number of carbonyl (C=O) groups excluding carboxylic acids is 1. The lowest BCUT2D eigenvalue weighted by molar-refractivity contribution is -0.143. The van der Waals surface area contributed by atoms with Crippen LogP contribution in [0.4, 0.5) is 0 Å². The fourth-order valence-electron chi connectivity index (χ4n) is 2.06. The van der Waals surface area contributed by atoms with Crippen molar-refractivity contribution in [1.82, 2.24) is 5.32 Å². The molecule has 0 amide bonds. The maximum Gasteiger partial charge on any atom is 0.322 e. The maximum absolute atomic E-state index is 11.8. The third-order valence-electron chi connectivity index (χ3n) is 3.32. The lowest BCUT2D eigenvalue weighted by Gasteiger charge is -2.21. The average Bonchev–Trinajstić information content (AvgIpc) is 2.50. The molecule has 0 bridgehead atoms. The summed E-state index contributed by atoms with van der Waals surface area (Å²) in [5.74, 6) is -0.223. The highest BCUT2D eigenvalue weighted by Gasteiger charge is 2.20. The fraction of sp³-hybridized carbons (Fsp3) is 0.500. The number of hydrogen-bond donors (Lipinski definition) is 1. The molecule has 0 spiro atoms. The van der Waals surface area contributed by atoms with Crippen molar-refractivity contribution >= 4 is 5.97 Å². The van der Waals surface area contributed by atoms with E-state index in [1.807, 2.05) is 19.1 Å². The molecule has 0 heterocycles. The van der Waals surface area contributed by atoms with Crippen LogP contribution in [0, 0.1) is 11.3 Å². The van der Waals surface area contributed by atoms with Crippen LogP contribution in [-0.4, -0.2) is 19.1 Å². The molecule has 0 fully saturated rings. The highest BCUT2D eigenvalue weighted by atomic mass is 16.5. The second-order valence-corrected chi connectivity index (χ2v) is 4.84. The molecule has 0 saturated heterocycles. The molecule has 0 saturated carbocycles. The van der Waals surface area contributed by atoms with Crippen molar-refractivity contribution in [2.45, 2.75) is 45.2 Å². The Hall–Kier alpha value is -1.86. The minimum Gasteiger partial charge on any atom is -0.468 e. The van der Waals surface area contributed by atoms with Crippen LogP contribution in [-0.2, 0) is 9.53 Å². The van der Waals surface area contributed by atoms with Crippen LogP contribution in [0.25, 0.3) is 0 Å². The van der Waals surface area contributed by atoms with E-state index >= 15 is 0 Å². The predicted molar refractivity (Wildman–Crippen MR) is 78.0 cm³/mol. The number of nitrogens with one attached hydrogen (secondary N) is 1. The number of ether oxygens (including phenoxy) is 1. The average molecular weight is 274 g/mol. The zero-order valence-electron chi connectivity index (χ0n) is 12.3. The molecular formula is C16H22N2O2. The van der Waals surface area contributed by atoms with Gasteiger partial charge >= 0.3 is 5.97 Å². The molecule has 0 aliphatic heterocycles. The zero-order valence-corrected chi connectivity index (χ0v) is 12.3. The molecule has 0 aromatic heterocycles. The molecule has 0 radical (unpaired) electrons. The lowest BCUT2D eigenvalue weighted by Crippen LogP contribution is -2.39. The van der Waals surface area contributed by atoms with Crippen molar-refractivity contribution in [2.24, 2.45) is 0 Å². The largest absolute Gasteiger partial charge is 0.468 e. The minimum absolute atomic E-state index is 0.0312. The van der Waals surface area contributed by atoms with Crippen LogP contribution in [0.5, 0.6) is 0 Å². The Balaban J connectivity index is 2.70. The fourth-order valence-corrected chi connectivity index (χ4v) is 2.06. The SMILES string of the molecule is CCCCC(NC(C)c1ccc(C#N)cc1)C(=O)OC. The van der Waals surface area contributed by atoms with Crippen molar-refractivity contribution in [1.29, 1.82) is 5.26 Å². The van der Waals surface area contributed by atoms with Gasteiger partial charge in [-0.05, 0) is 31.0 Å². The van der Waals surface area contributed by atoms with Gasteiger partial charge in [0.15, 0.2) is 0 Å².